The van der Waals surface area contributed by atoms with Crippen molar-refractivity contribution in [2.75, 3.05) is 5.75 Å². The first-order chi connectivity index (χ1) is 9.63. The fraction of sp³-hybridized carbons (Fsp3) is 0.533. The Labute approximate surface area is 125 Å². The number of nitrogens with two attached hydrogens (primary N) is 1. The lowest BCUT2D eigenvalue weighted by atomic mass is 9.80. The lowest BCUT2D eigenvalue weighted by Crippen LogP contribution is -2.38. The molecular formula is C15H19BN2OS. The number of fused-ring (bicyclic) bond motifs is 2. The fourth-order valence-corrected chi connectivity index (χ4v) is 3.99. The SMILES string of the molecule is [B]c1ccc2c(c1)C1(CSC(N)=N1)C[C@H](CCCC)O2. The molecule has 2 N–H and O–H groups in total. The number of unbranched alkanes of at least 4 members (excludes halogenated alkanes) is 1. The first kappa shape index (κ1) is 13.9. The predicted octanol–water partition coefficient (Wildman–Crippen LogP) is 2.08. The summed E-state index contributed by atoms with van der Waals surface area (Å²) in [7, 11) is 5.94. The average molecular weight is 286 g/mol. The Kier molecular flexibility index (Phi) is 3.71. The van der Waals surface area contributed by atoms with Gasteiger partial charge in [0.25, 0.3) is 0 Å². The van der Waals surface area contributed by atoms with E-state index in [1.54, 1.807) is 11.8 Å². The van der Waals surface area contributed by atoms with E-state index in [-0.39, 0.29) is 11.6 Å². The minimum Gasteiger partial charge on any atom is -0.490 e. The van der Waals surface area contributed by atoms with Crippen molar-refractivity contribution in [2.45, 2.75) is 44.2 Å². The van der Waals surface area contributed by atoms with Gasteiger partial charge in [-0.1, -0.05) is 49.1 Å². The smallest absolute Gasteiger partial charge is 0.154 e. The van der Waals surface area contributed by atoms with Crippen molar-refractivity contribution in [1.82, 2.24) is 0 Å². The number of thioether (sulfide) groups is 1. The number of hydrogen-bond acceptors (Lipinski definition) is 4. The van der Waals surface area contributed by atoms with E-state index in [2.05, 4.69) is 6.92 Å². The summed E-state index contributed by atoms with van der Waals surface area (Å²) >= 11 is 1.63. The Morgan fingerprint density at radius 2 is 2.40 bits per heavy atom. The van der Waals surface area contributed by atoms with Crippen molar-refractivity contribution in [3.05, 3.63) is 23.8 Å². The minimum atomic E-state index is -0.240. The second kappa shape index (κ2) is 5.36. The zero-order valence-corrected chi connectivity index (χ0v) is 12.6. The Morgan fingerprint density at radius 1 is 1.55 bits per heavy atom. The van der Waals surface area contributed by atoms with Gasteiger partial charge in [-0.2, -0.15) is 0 Å². The third-order valence-corrected chi connectivity index (χ3v) is 5.04. The van der Waals surface area contributed by atoms with Crippen molar-refractivity contribution < 1.29 is 4.74 Å². The van der Waals surface area contributed by atoms with Crippen LogP contribution in [0.3, 0.4) is 0 Å². The maximum atomic E-state index is 6.14. The molecule has 2 aliphatic heterocycles. The van der Waals surface area contributed by atoms with Crippen molar-refractivity contribution >= 4 is 30.2 Å². The van der Waals surface area contributed by atoms with Gasteiger partial charge < -0.3 is 10.5 Å². The van der Waals surface area contributed by atoms with Gasteiger partial charge in [0, 0.05) is 17.7 Å². The molecule has 2 atom stereocenters. The van der Waals surface area contributed by atoms with Gasteiger partial charge in [-0.25, -0.2) is 0 Å². The van der Waals surface area contributed by atoms with Crippen LogP contribution in [0, 0.1) is 0 Å². The van der Waals surface area contributed by atoms with Gasteiger partial charge in [0.2, 0.25) is 0 Å². The topological polar surface area (TPSA) is 47.6 Å². The number of ether oxygens (including phenoxy) is 1. The molecule has 0 amide bonds. The summed E-state index contributed by atoms with van der Waals surface area (Å²) < 4.78 is 6.14. The maximum absolute atomic E-state index is 6.14. The molecule has 0 bridgehead atoms. The van der Waals surface area contributed by atoms with Crippen LogP contribution in [0.2, 0.25) is 0 Å². The highest BCUT2D eigenvalue weighted by molar-refractivity contribution is 8.14. The molecule has 104 valence electrons. The second-order valence-electron chi connectivity index (χ2n) is 5.61. The minimum absolute atomic E-state index is 0.223. The standard InChI is InChI=1S/C15H19BN2OS/c1-2-3-4-11-8-15(9-20-14(17)18-15)12-7-10(16)5-6-13(12)19-11/h5-7,11H,2-4,8-9H2,1H3,(H2,17,18)/t11-,15?/m0/s1. The van der Waals surface area contributed by atoms with Crippen LogP contribution in [0.1, 0.15) is 38.2 Å². The molecule has 20 heavy (non-hydrogen) atoms. The summed E-state index contributed by atoms with van der Waals surface area (Å²) in [5.74, 6) is 1.81. The van der Waals surface area contributed by atoms with Crippen LogP contribution in [0.5, 0.6) is 5.75 Å². The number of hydrogen-bond donors (Lipinski definition) is 1. The molecule has 0 saturated carbocycles. The molecule has 3 nitrogen and oxygen atoms in total. The molecule has 1 unspecified atom stereocenters. The highest BCUT2D eigenvalue weighted by atomic mass is 32.2. The Balaban J connectivity index is 1.98. The zero-order valence-electron chi connectivity index (χ0n) is 11.8. The molecule has 1 aromatic rings. The van der Waals surface area contributed by atoms with Gasteiger partial charge in [0.1, 0.15) is 25.2 Å². The van der Waals surface area contributed by atoms with Crippen LogP contribution in [0.4, 0.5) is 0 Å². The van der Waals surface area contributed by atoms with E-state index in [0.717, 1.165) is 35.4 Å². The van der Waals surface area contributed by atoms with Gasteiger partial charge in [-0.15, -0.1) is 0 Å². The van der Waals surface area contributed by atoms with E-state index in [9.17, 15) is 0 Å². The third kappa shape index (κ3) is 2.44. The van der Waals surface area contributed by atoms with E-state index in [1.807, 2.05) is 18.2 Å². The fourth-order valence-electron chi connectivity index (χ4n) is 3.03. The van der Waals surface area contributed by atoms with Gasteiger partial charge >= 0.3 is 0 Å². The van der Waals surface area contributed by atoms with Crippen LogP contribution in [0.25, 0.3) is 0 Å². The molecule has 2 aliphatic rings. The predicted molar refractivity (Wildman–Crippen MR) is 86.1 cm³/mol. The summed E-state index contributed by atoms with van der Waals surface area (Å²) in [5, 5.41) is 0.675. The Hall–Kier alpha value is -1.10. The third-order valence-electron chi connectivity index (χ3n) is 4.03. The molecule has 1 spiro atoms. The number of rotatable bonds is 3. The van der Waals surface area contributed by atoms with Gasteiger partial charge in [0.05, 0.1) is 0 Å². The normalized spacial score (nSPS) is 28.1. The van der Waals surface area contributed by atoms with E-state index >= 15 is 0 Å². The molecule has 0 fully saturated rings. The van der Waals surface area contributed by atoms with Crippen LogP contribution >= 0.6 is 11.8 Å². The zero-order chi connectivity index (χ0) is 14.2. The molecule has 2 radical (unpaired) electrons. The first-order valence-electron chi connectivity index (χ1n) is 7.18. The molecule has 1 aromatic carbocycles. The summed E-state index contributed by atoms with van der Waals surface area (Å²) in [6.45, 7) is 2.20. The van der Waals surface area contributed by atoms with E-state index in [0.29, 0.717) is 5.17 Å². The van der Waals surface area contributed by atoms with Crippen molar-refractivity contribution in [2.24, 2.45) is 10.7 Å². The summed E-state index contributed by atoms with van der Waals surface area (Å²) in [6, 6.07) is 5.86. The molecule has 5 heteroatoms. The van der Waals surface area contributed by atoms with Crippen molar-refractivity contribution in [3.8, 4) is 5.75 Å². The van der Waals surface area contributed by atoms with Crippen molar-refractivity contribution in [3.63, 3.8) is 0 Å². The summed E-state index contributed by atoms with van der Waals surface area (Å²) in [4.78, 5) is 4.74. The first-order valence-corrected chi connectivity index (χ1v) is 8.16. The number of aliphatic imine (C=N–C) groups is 1. The average Bonchev–Trinajstić information content (AvgIpc) is 2.79. The monoisotopic (exact) mass is 286 g/mol. The van der Waals surface area contributed by atoms with Crippen LogP contribution in [-0.2, 0) is 5.54 Å². The molecule has 0 aliphatic carbocycles. The van der Waals surface area contributed by atoms with E-state index in [4.69, 9.17) is 23.3 Å². The summed E-state index contributed by atoms with van der Waals surface area (Å²) in [5.41, 5.74) is 7.53. The lowest BCUT2D eigenvalue weighted by molar-refractivity contribution is 0.123. The maximum Gasteiger partial charge on any atom is 0.154 e. The van der Waals surface area contributed by atoms with Crippen LogP contribution < -0.4 is 15.9 Å². The summed E-state index contributed by atoms with van der Waals surface area (Å²) in [6.07, 6.45) is 4.56. The van der Waals surface area contributed by atoms with E-state index < -0.39 is 0 Å². The van der Waals surface area contributed by atoms with Crippen LogP contribution in [0.15, 0.2) is 23.2 Å². The Morgan fingerprint density at radius 3 is 3.10 bits per heavy atom. The lowest BCUT2D eigenvalue weighted by Gasteiger charge is -2.37. The highest BCUT2D eigenvalue weighted by Gasteiger charge is 2.44. The Bertz CT molecular complexity index is 549. The molecule has 3 rings (SSSR count). The second-order valence-corrected chi connectivity index (χ2v) is 6.61. The van der Waals surface area contributed by atoms with Crippen molar-refractivity contribution in [1.29, 1.82) is 0 Å². The largest absolute Gasteiger partial charge is 0.490 e. The quantitative estimate of drug-likeness (QED) is 0.865. The van der Waals surface area contributed by atoms with Gasteiger partial charge in [0.15, 0.2) is 5.17 Å². The van der Waals surface area contributed by atoms with Gasteiger partial charge in [-0.05, 0) is 12.5 Å². The van der Waals surface area contributed by atoms with Crippen LogP contribution in [-0.4, -0.2) is 24.9 Å². The molecular weight excluding hydrogens is 267 g/mol. The van der Waals surface area contributed by atoms with E-state index in [1.165, 1.54) is 12.8 Å². The number of benzene rings is 1. The number of amidine groups is 1. The number of nitrogens with zero attached hydrogens (tertiary/aromatic N) is 1. The highest BCUT2D eigenvalue weighted by Crippen LogP contribution is 2.47. The molecule has 0 aromatic heterocycles. The van der Waals surface area contributed by atoms with Gasteiger partial charge in [-0.3, -0.25) is 4.99 Å². The molecule has 0 saturated heterocycles. The molecule has 2 heterocycles.